The van der Waals surface area contributed by atoms with E-state index in [0.717, 1.165) is 24.9 Å². The third-order valence-electron chi connectivity index (χ3n) is 4.30. The Hall–Kier alpha value is -2.36. The monoisotopic (exact) mass is 312 g/mol. The average molecular weight is 312 g/mol. The number of hydrogen-bond acceptors (Lipinski definition) is 1. The summed E-state index contributed by atoms with van der Waals surface area (Å²) in [5, 5.41) is 2.94. The second-order valence-electron chi connectivity index (χ2n) is 6.05. The zero-order valence-corrected chi connectivity index (χ0v) is 13.3. The predicted octanol–water partition coefficient (Wildman–Crippen LogP) is 4.18. The summed E-state index contributed by atoms with van der Waals surface area (Å²) < 4.78 is 12.9. The number of carbonyl (C=O) groups excluding carboxylic acids is 1. The Kier molecular flexibility index (Phi) is 4.60. The van der Waals surface area contributed by atoms with E-state index in [2.05, 4.69) is 30.4 Å². The minimum Gasteiger partial charge on any atom is -0.334 e. The molecule has 0 spiro atoms. The summed E-state index contributed by atoms with van der Waals surface area (Å²) in [6.45, 7) is 3.25. The number of aryl methyl sites for hydroxylation is 1. The van der Waals surface area contributed by atoms with Crippen LogP contribution in [0.25, 0.3) is 0 Å². The zero-order chi connectivity index (χ0) is 16.2. The molecule has 3 nitrogen and oxygen atoms in total. The summed E-state index contributed by atoms with van der Waals surface area (Å²) in [7, 11) is 0. The van der Waals surface area contributed by atoms with Gasteiger partial charge in [-0.15, -0.1) is 0 Å². The molecule has 1 N–H and O–H groups in total. The molecule has 0 saturated carbocycles. The van der Waals surface area contributed by atoms with Crippen LogP contribution in [0.1, 0.15) is 35.6 Å². The summed E-state index contributed by atoms with van der Waals surface area (Å²) in [6.07, 6.45) is 2.01. The van der Waals surface area contributed by atoms with Crippen molar-refractivity contribution in [2.75, 3.05) is 6.54 Å². The molecular weight excluding hydrogens is 291 g/mol. The molecule has 1 aliphatic heterocycles. The first-order chi connectivity index (χ1) is 11.1. The summed E-state index contributed by atoms with van der Waals surface area (Å²) in [5.41, 5.74) is 3.30. The van der Waals surface area contributed by atoms with Gasteiger partial charge in [0.05, 0.1) is 6.04 Å². The Morgan fingerprint density at radius 1 is 1.26 bits per heavy atom. The van der Waals surface area contributed by atoms with Crippen molar-refractivity contribution in [1.82, 2.24) is 10.2 Å². The first kappa shape index (κ1) is 15.5. The second-order valence-corrected chi connectivity index (χ2v) is 6.05. The smallest absolute Gasteiger partial charge is 0.318 e. The van der Waals surface area contributed by atoms with Gasteiger partial charge in [-0.3, -0.25) is 0 Å². The van der Waals surface area contributed by atoms with Gasteiger partial charge in [0.1, 0.15) is 5.82 Å². The fourth-order valence-electron chi connectivity index (χ4n) is 3.12. The van der Waals surface area contributed by atoms with Crippen LogP contribution >= 0.6 is 0 Å². The Morgan fingerprint density at radius 3 is 2.78 bits per heavy atom. The predicted molar refractivity (Wildman–Crippen MR) is 88.5 cm³/mol. The van der Waals surface area contributed by atoms with E-state index in [1.807, 2.05) is 11.0 Å². The molecule has 2 aromatic rings. The van der Waals surface area contributed by atoms with Gasteiger partial charge in [0.15, 0.2) is 0 Å². The third kappa shape index (κ3) is 3.70. The van der Waals surface area contributed by atoms with Crippen molar-refractivity contribution in [3.05, 3.63) is 71.0 Å². The Bertz CT molecular complexity index is 684. The highest BCUT2D eigenvalue weighted by atomic mass is 19.1. The molecule has 0 radical (unpaired) electrons. The molecule has 3 rings (SSSR count). The Labute approximate surface area is 136 Å². The Morgan fingerprint density at radius 2 is 2.04 bits per heavy atom. The lowest BCUT2D eigenvalue weighted by molar-refractivity contribution is 0.192. The lowest BCUT2D eigenvalue weighted by Crippen LogP contribution is -2.39. The molecule has 23 heavy (non-hydrogen) atoms. The van der Waals surface area contributed by atoms with Gasteiger partial charge in [-0.1, -0.05) is 42.0 Å². The first-order valence-electron chi connectivity index (χ1n) is 7.99. The maximum absolute atomic E-state index is 12.9. The molecule has 1 aliphatic rings. The van der Waals surface area contributed by atoms with Gasteiger partial charge in [0.25, 0.3) is 0 Å². The quantitative estimate of drug-likeness (QED) is 0.906. The van der Waals surface area contributed by atoms with Crippen LogP contribution in [0.4, 0.5) is 9.18 Å². The minimum atomic E-state index is -0.265. The summed E-state index contributed by atoms with van der Waals surface area (Å²) in [5.74, 6) is -0.265. The second kappa shape index (κ2) is 6.82. The van der Waals surface area contributed by atoms with E-state index in [-0.39, 0.29) is 17.9 Å². The maximum atomic E-state index is 12.9. The molecule has 1 saturated heterocycles. The number of halogens is 1. The van der Waals surface area contributed by atoms with Crippen molar-refractivity contribution in [2.24, 2.45) is 0 Å². The number of benzene rings is 2. The van der Waals surface area contributed by atoms with E-state index in [1.165, 1.54) is 23.3 Å². The fourth-order valence-corrected chi connectivity index (χ4v) is 3.12. The number of amides is 2. The van der Waals surface area contributed by atoms with Crippen LogP contribution < -0.4 is 5.32 Å². The van der Waals surface area contributed by atoms with E-state index in [4.69, 9.17) is 0 Å². The average Bonchev–Trinajstić information content (AvgIpc) is 3.04. The molecule has 120 valence electrons. The summed E-state index contributed by atoms with van der Waals surface area (Å²) >= 11 is 0. The molecule has 2 aromatic carbocycles. The highest BCUT2D eigenvalue weighted by Gasteiger charge is 2.29. The molecule has 0 bridgehead atoms. The van der Waals surface area contributed by atoms with Gasteiger partial charge in [0, 0.05) is 13.1 Å². The van der Waals surface area contributed by atoms with E-state index < -0.39 is 0 Å². The maximum Gasteiger partial charge on any atom is 0.318 e. The lowest BCUT2D eigenvalue weighted by atomic mass is 10.0. The third-order valence-corrected chi connectivity index (χ3v) is 4.30. The molecule has 1 atom stereocenters. The lowest BCUT2D eigenvalue weighted by Gasteiger charge is -2.25. The van der Waals surface area contributed by atoms with E-state index in [9.17, 15) is 9.18 Å². The molecule has 0 unspecified atom stereocenters. The zero-order valence-electron chi connectivity index (χ0n) is 13.3. The number of likely N-dealkylation sites (tertiary alicyclic amines) is 1. The number of hydrogen-bond donors (Lipinski definition) is 1. The van der Waals surface area contributed by atoms with Crippen LogP contribution in [0.2, 0.25) is 0 Å². The fraction of sp³-hybridized carbons (Fsp3) is 0.316. The van der Waals surface area contributed by atoms with Crippen molar-refractivity contribution >= 4 is 6.03 Å². The molecular formula is C19H21FN2O. The summed E-state index contributed by atoms with van der Waals surface area (Å²) in [4.78, 5) is 14.4. The number of carbonyl (C=O) groups is 1. The molecule has 4 heteroatoms. The molecule has 1 heterocycles. The van der Waals surface area contributed by atoms with Crippen LogP contribution in [0, 0.1) is 12.7 Å². The SMILES string of the molecule is Cc1cccc([C@H]2CCCN2C(=O)NCc2ccc(F)cc2)c1. The number of nitrogens with one attached hydrogen (secondary N) is 1. The highest BCUT2D eigenvalue weighted by molar-refractivity contribution is 5.75. The largest absolute Gasteiger partial charge is 0.334 e. The van der Waals surface area contributed by atoms with Gasteiger partial charge in [-0.25, -0.2) is 9.18 Å². The van der Waals surface area contributed by atoms with Crippen molar-refractivity contribution in [3.8, 4) is 0 Å². The molecule has 1 fully saturated rings. The molecule has 0 aliphatic carbocycles. The van der Waals surface area contributed by atoms with Gasteiger partial charge < -0.3 is 10.2 Å². The number of nitrogens with zero attached hydrogens (tertiary/aromatic N) is 1. The van der Waals surface area contributed by atoms with E-state index in [1.54, 1.807) is 12.1 Å². The van der Waals surface area contributed by atoms with E-state index in [0.29, 0.717) is 6.54 Å². The van der Waals surface area contributed by atoms with Gasteiger partial charge >= 0.3 is 6.03 Å². The van der Waals surface area contributed by atoms with Crippen molar-refractivity contribution in [1.29, 1.82) is 0 Å². The first-order valence-corrected chi connectivity index (χ1v) is 7.99. The topological polar surface area (TPSA) is 32.3 Å². The van der Waals surface area contributed by atoms with Gasteiger partial charge in [0.2, 0.25) is 0 Å². The van der Waals surface area contributed by atoms with Crippen LogP contribution in [0.3, 0.4) is 0 Å². The highest BCUT2D eigenvalue weighted by Crippen LogP contribution is 2.32. The van der Waals surface area contributed by atoms with Crippen molar-refractivity contribution in [2.45, 2.75) is 32.4 Å². The number of rotatable bonds is 3. The van der Waals surface area contributed by atoms with Crippen LogP contribution in [0.15, 0.2) is 48.5 Å². The van der Waals surface area contributed by atoms with Crippen molar-refractivity contribution in [3.63, 3.8) is 0 Å². The van der Waals surface area contributed by atoms with E-state index >= 15 is 0 Å². The van der Waals surface area contributed by atoms with Crippen LogP contribution in [0.5, 0.6) is 0 Å². The standard InChI is InChI=1S/C19H21FN2O/c1-14-4-2-5-16(12-14)18-6-3-11-22(18)19(23)21-13-15-7-9-17(20)10-8-15/h2,4-5,7-10,12,18H,3,6,11,13H2,1H3,(H,21,23)/t18-/m1/s1. The number of urea groups is 1. The molecule has 2 amide bonds. The van der Waals surface area contributed by atoms with Crippen LogP contribution in [-0.4, -0.2) is 17.5 Å². The van der Waals surface area contributed by atoms with Gasteiger partial charge in [-0.2, -0.15) is 0 Å². The van der Waals surface area contributed by atoms with Gasteiger partial charge in [-0.05, 0) is 43.0 Å². The summed E-state index contributed by atoms with van der Waals surface area (Å²) in [6, 6.07) is 14.6. The Balaban J connectivity index is 1.65. The molecule has 0 aromatic heterocycles. The van der Waals surface area contributed by atoms with Crippen LogP contribution in [-0.2, 0) is 6.54 Å². The van der Waals surface area contributed by atoms with Crippen molar-refractivity contribution < 1.29 is 9.18 Å². The normalized spacial score (nSPS) is 17.3. The minimum absolute atomic E-state index is 0.0571.